The van der Waals surface area contributed by atoms with E-state index in [0.717, 1.165) is 36.0 Å². The zero-order valence-corrected chi connectivity index (χ0v) is 15.6. The highest BCUT2D eigenvalue weighted by molar-refractivity contribution is 7.99. The lowest BCUT2D eigenvalue weighted by atomic mass is 10.1. The van der Waals surface area contributed by atoms with Crippen LogP contribution in [0.3, 0.4) is 0 Å². The lowest BCUT2D eigenvalue weighted by Gasteiger charge is -2.17. The van der Waals surface area contributed by atoms with Crippen LogP contribution in [0.2, 0.25) is 0 Å². The molecule has 0 bridgehead atoms. The Morgan fingerprint density at radius 3 is 2.61 bits per heavy atom. The number of carbonyl (C=O) groups excluding carboxylic acids is 1. The summed E-state index contributed by atoms with van der Waals surface area (Å²) in [5, 5.41) is 6.25. The van der Waals surface area contributed by atoms with Gasteiger partial charge in [-0.15, -0.1) is 24.2 Å². The monoisotopic (exact) mass is 358 g/mol. The van der Waals surface area contributed by atoms with Crippen molar-refractivity contribution >= 4 is 30.1 Å². The van der Waals surface area contributed by atoms with Gasteiger partial charge in [0, 0.05) is 11.6 Å². The maximum atomic E-state index is 12.1. The van der Waals surface area contributed by atoms with Gasteiger partial charge in [-0.25, -0.2) is 0 Å². The molecule has 23 heavy (non-hydrogen) atoms. The van der Waals surface area contributed by atoms with E-state index in [4.69, 9.17) is 4.74 Å². The van der Waals surface area contributed by atoms with Crippen molar-refractivity contribution in [1.29, 1.82) is 0 Å². The van der Waals surface area contributed by atoms with Gasteiger partial charge in [-0.05, 0) is 37.0 Å². The second-order valence-corrected chi connectivity index (χ2v) is 7.13. The Morgan fingerprint density at radius 2 is 2.04 bits per heavy atom. The highest BCUT2D eigenvalue weighted by atomic mass is 35.5. The maximum absolute atomic E-state index is 12.1. The van der Waals surface area contributed by atoms with Crippen LogP contribution in [0.4, 0.5) is 0 Å². The summed E-state index contributed by atoms with van der Waals surface area (Å²) in [5.74, 6) is 3.32. The number of nitrogens with one attached hydrogen (secondary N) is 2. The Bertz CT molecular complexity index is 476. The summed E-state index contributed by atoms with van der Waals surface area (Å²) >= 11 is 1.76. The molecule has 2 unspecified atom stereocenters. The molecular formula is C17H27ClN2O2S. The van der Waals surface area contributed by atoms with Crippen LogP contribution in [-0.2, 0) is 4.79 Å². The summed E-state index contributed by atoms with van der Waals surface area (Å²) in [4.78, 5) is 12.1. The average Bonchev–Trinajstić information content (AvgIpc) is 3.02. The van der Waals surface area contributed by atoms with Gasteiger partial charge in [-0.2, -0.15) is 0 Å². The topological polar surface area (TPSA) is 50.4 Å². The zero-order valence-electron chi connectivity index (χ0n) is 14.0. The van der Waals surface area contributed by atoms with Crippen molar-refractivity contribution in [2.75, 3.05) is 18.2 Å². The fourth-order valence-corrected chi connectivity index (χ4v) is 3.17. The van der Waals surface area contributed by atoms with Gasteiger partial charge in [0.15, 0.2) is 0 Å². The van der Waals surface area contributed by atoms with E-state index in [1.165, 1.54) is 0 Å². The van der Waals surface area contributed by atoms with Crippen molar-refractivity contribution < 1.29 is 9.53 Å². The van der Waals surface area contributed by atoms with Gasteiger partial charge in [0.05, 0.1) is 18.7 Å². The second kappa shape index (κ2) is 10.1. The van der Waals surface area contributed by atoms with Crippen LogP contribution < -0.4 is 15.4 Å². The van der Waals surface area contributed by atoms with E-state index < -0.39 is 0 Å². The maximum Gasteiger partial charge on any atom is 0.238 e. The van der Waals surface area contributed by atoms with Crippen molar-refractivity contribution in [2.45, 2.75) is 39.3 Å². The summed E-state index contributed by atoms with van der Waals surface area (Å²) in [5.41, 5.74) is 1.09. The van der Waals surface area contributed by atoms with Gasteiger partial charge >= 0.3 is 0 Å². The standard InChI is InChI=1S/C17H26N2O2S.ClH/c1-12(2)8-9-21-15-6-4-14(5-7-15)13(3)19-17(20)16-10-22-11-18-16;/h4-7,12-13,16,18H,8-11H2,1-3H3,(H,19,20);1H. The summed E-state index contributed by atoms with van der Waals surface area (Å²) in [6.45, 7) is 7.13. The molecule has 2 rings (SSSR count). The van der Waals surface area contributed by atoms with Crippen molar-refractivity contribution in [3.05, 3.63) is 29.8 Å². The number of carbonyl (C=O) groups is 1. The molecule has 6 heteroatoms. The molecule has 1 aliphatic rings. The van der Waals surface area contributed by atoms with Crippen LogP contribution in [0.1, 0.15) is 38.8 Å². The summed E-state index contributed by atoms with van der Waals surface area (Å²) in [6, 6.07) is 7.93. The molecule has 1 aliphatic heterocycles. The molecule has 1 heterocycles. The fourth-order valence-electron chi connectivity index (χ4n) is 2.23. The van der Waals surface area contributed by atoms with Crippen LogP contribution in [0.5, 0.6) is 5.75 Å². The molecule has 1 fully saturated rings. The third-order valence-electron chi connectivity index (χ3n) is 3.74. The quantitative estimate of drug-likeness (QED) is 0.784. The smallest absolute Gasteiger partial charge is 0.238 e. The Hall–Kier alpha value is -0.910. The number of hydrogen-bond acceptors (Lipinski definition) is 4. The first kappa shape index (κ1) is 20.1. The van der Waals surface area contributed by atoms with Crippen LogP contribution in [0.25, 0.3) is 0 Å². The van der Waals surface area contributed by atoms with E-state index in [0.29, 0.717) is 5.92 Å². The van der Waals surface area contributed by atoms with Crippen LogP contribution in [0.15, 0.2) is 24.3 Å². The van der Waals surface area contributed by atoms with Crippen molar-refractivity contribution in [3.63, 3.8) is 0 Å². The third-order valence-corrected chi connectivity index (χ3v) is 4.68. The number of ether oxygens (including phenoxy) is 1. The molecular weight excluding hydrogens is 332 g/mol. The highest BCUT2D eigenvalue weighted by Gasteiger charge is 2.23. The highest BCUT2D eigenvalue weighted by Crippen LogP contribution is 2.19. The van der Waals surface area contributed by atoms with Gasteiger partial charge < -0.3 is 10.1 Å². The minimum atomic E-state index is -0.0638. The van der Waals surface area contributed by atoms with E-state index in [1.54, 1.807) is 11.8 Å². The normalized spacial score (nSPS) is 18.3. The van der Waals surface area contributed by atoms with Gasteiger partial charge in [0.2, 0.25) is 5.91 Å². The molecule has 4 nitrogen and oxygen atoms in total. The number of amides is 1. The largest absolute Gasteiger partial charge is 0.494 e. The Kier molecular flexibility index (Phi) is 8.81. The lowest BCUT2D eigenvalue weighted by molar-refractivity contribution is -0.123. The van der Waals surface area contributed by atoms with E-state index in [9.17, 15) is 4.79 Å². The number of benzene rings is 1. The van der Waals surface area contributed by atoms with Gasteiger partial charge in [0.25, 0.3) is 0 Å². The molecule has 1 aromatic carbocycles. The number of rotatable bonds is 7. The molecule has 2 N–H and O–H groups in total. The molecule has 0 aromatic heterocycles. The Labute approximate surface area is 149 Å². The Morgan fingerprint density at radius 1 is 1.35 bits per heavy atom. The summed E-state index contributed by atoms with van der Waals surface area (Å²) in [7, 11) is 0. The zero-order chi connectivity index (χ0) is 15.9. The summed E-state index contributed by atoms with van der Waals surface area (Å²) < 4.78 is 5.71. The average molecular weight is 359 g/mol. The molecule has 2 atom stereocenters. The molecule has 0 aliphatic carbocycles. The minimum absolute atomic E-state index is 0. The number of halogens is 1. The van der Waals surface area contributed by atoms with Gasteiger partial charge in [-0.1, -0.05) is 26.0 Å². The van der Waals surface area contributed by atoms with Crippen LogP contribution >= 0.6 is 24.2 Å². The first-order chi connectivity index (χ1) is 10.6. The lowest BCUT2D eigenvalue weighted by Crippen LogP contribution is -2.42. The second-order valence-electron chi connectivity index (χ2n) is 6.10. The van der Waals surface area contributed by atoms with Crippen LogP contribution in [-0.4, -0.2) is 30.2 Å². The molecule has 0 spiro atoms. The molecule has 0 saturated carbocycles. The minimum Gasteiger partial charge on any atom is -0.494 e. The number of hydrogen-bond donors (Lipinski definition) is 2. The van der Waals surface area contributed by atoms with Crippen molar-refractivity contribution in [2.24, 2.45) is 5.92 Å². The van der Waals surface area contributed by atoms with Crippen molar-refractivity contribution in [3.8, 4) is 5.75 Å². The molecule has 0 radical (unpaired) electrons. The van der Waals surface area contributed by atoms with E-state index in [-0.39, 0.29) is 30.4 Å². The van der Waals surface area contributed by atoms with E-state index in [2.05, 4.69) is 24.5 Å². The van der Waals surface area contributed by atoms with Gasteiger partial charge in [0.1, 0.15) is 5.75 Å². The van der Waals surface area contributed by atoms with Crippen LogP contribution in [0, 0.1) is 5.92 Å². The molecule has 1 saturated heterocycles. The first-order valence-corrected chi connectivity index (χ1v) is 9.06. The first-order valence-electron chi connectivity index (χ1n) is 7.90. The Balaban J connectivity index is 0.00000264. The predicted molar refractivity (Wildman–Crippen MR) is 99.4 cm³/mol. The third kappa shape index (κ3) is 6.61. The fraction of sp³-hybridized carbons (Fsp3) is 0.588. The van der Waals surface area contributed by atoms with E-state index in [1.807, 2.05) is 31.2 Å². The van der Waals surface area contributed by atoms with Gasteiger partial charge in [-0.3, -0.25) is 10.1 Å². The molecule has 130 valence electrons. The van der Waals surface area contributed by atoms with E-state index >= 15 is 0 Å². The molecule has 1 aromatic rings. The molecule has 1 amide bonds. The summed E-state index contributed by atoms with van der Waals surface area (Å²) in [6.07, 6.45) is 1.06. The predicted octanol–water partition coefficient (Wildman–Crippen LogP) is 3.37. The SMILES string of the molecule is CC(C)CCOc1ccc(C(C)NC(=O)C2CSCN2)cc1.Cl. The van der Waals surface area contributed by atoms with Crippen molar-refractivity contribution in [1.82, 2.24) is 10.6 Å². The number of thioether (sulfide) groups is 1.